The van der Waals surface area contributed by atoms with Crippen molar-refractivity contribution in [2.24, 2.45) is 0 Å². The van der Waals surface area contributed by atoms with Crippen molar-refractivity contribution in [2.75, 3.05) is 6.54 Å². The predicted molar refractivity (Wildman–Crippen MR) is 90.6 cm³/mol. The zero-order valence-corrected chi connectivity index (χ0v) is 14.4. The van der Waals surface area contributed by atoms with Crippen LogP contribution in [0.1, 0.15) is 29.0 Å². The van der Waals surface area contributed by atoms with Crippen LogP contribution in [-0.2, 0) is 6.42 Å². The Hall–Kier alpha value is -0.250. The summed E-state index contributed by atoms with van der Waals surface area (Å²) in [5.41, 5.74) is 2.27. The first-order valence-corrected chi connectivity index (χ1v) is 8.45. The number of rotatable bonds is 5. The number of hydrogen-bond donors (Lipinski definition) is 1. The Labute approximate surface area is 138 Å². The first kappa shape index (κ1) is 16.1. The van der Waals surface area contributed by atoms with E-state index in [1.54, 1.807) is 11.3 Å². The summed E-state index contributed by atoms with van der Waals surface area (Å²) < 4.78 is 0. The minimum atomic E-state index is 0.198. The molecule has 1 N–H and O–H groups in total. The first-order chi connectivity index (χ1) is 9.52. The van der Waals surface area contributed by atoms with E-state index in [1.165, 1.54) is 4.88 Å². The standard InChI is InChI=1S/C15H16Cl3NS/c1-3-19-13(15-14(18)9(2)8-20-15)7-10-4-5-11(16)12(17)6-10/h4-6,8,13,19H,3,7H2,1-2H3. The molecule has 0 amide bonds. The van der Waals surface area contributed by atoms with Gasteiger partial charge in [0.25, 0.3) is 0 Å². The van der Waals surface area contributed by atoms with E-state index in [0.717, 1.165) is 29.1 Å². The Bertz CT molecular complexity index is 595. The van der Waals surface area contributed by atoms with Crippen LogP contribution in [0.3, 0.4) is 0 Å². The van der Waals surface area contributed by atoms with Crippen LogP contribution in [0.5, 0.6) is 0 Å². The molecule has 1 heterocycles. The first-order valence-electron chi connectivity index (χ1n) is 6.43. The van der Waals surface area contributed by atoms with Crippen molar-refractivity contribution in [3.05, 3.63) is 54.7 Å². The molecule has 1 atom stereocenters. The third kappa shape index (κ3) is 3.69. The van der Waals surface area contributed by atoms with Gasteiger partial charge < -0.3 is 5.32 Å². The number of nitrogens with one attached hydrogen (secondary N) is 1. The molecule has 5 heteroatoms. The SMILES string of the molecule is CCNC(Cc1ccc(Cl)c(Cl)c1)c1scc(C)c1Cl. The second kappa shape index (κ2) is 7.15. The monoisotopic (exact) mass is 347 g/mol. The summed E-state index contributed by atoms with van der Waals surface area (Å²) in [4.78, 5) is 1.18. The highest BCUT2D eigenvalue weighted by atomic mass is 35.5. The predicted octanol–water partition coefficient (Wildman–Crippen LogP) is 5.91. The lowest BCUT2D eigenvalue weighted by Crippen LogP contribution is -2.22. The summed E-state index contributed by atoms with van der Waals surface area (Å²) >= 11 is 20.1. The lowest BCUT2D eigenvalue weighted by atomic mass is 10.0. The zero-order chi connectivity index (χ0) is 14.7. The van der Waals surface area contributed by atoms with Crippen molar-refractivity contribution in [1.82, 2.24) is 5.32 Å². The Morgan fingerprint density at radius 1 is 1.20 bits per heavy atom. The van der Waals surface area contributed by atoms with Gasteiger partial charge in [0.2, 0.25) is 0 Å². The molecule has 2 rings (SSSR count). The molecule has 0 aliphatic rings. The molecule has 0 fully saturated rings. The lowest BCUT2D eigenvalue weighted by Gasteiger charge is -2.17. The maximum atomic E-state index is 6.39. The molecule has 1 aromatic carbocycles. The smallest absolute Gasteiger partial charge is 0.0595 e. The molecule has 1 unspecified atom stereocenters. The topological polar surface area (TPSA) is 12.0 Å². The van der Waals surface area contributed by atoms with Crippen molar-refractivity contribution in [1.29, 1.82) is 0 Å². The molecular weight excluding hydrogens is 333 g/mol. The van der Waals surface area contributed by atoms with Crippen LogP contribution in [0, 0.1) is 6.92 Å². The molecular formula is C15H16Cl3NS. The number of hydrogen-bond acceptors (Lipinski definition) is 2. The van der Waals surface area contributed by atoms with Gasteiger partial charge in [-0.05, 0) is 48.5 Å². The summed E-state index contributed by atoms with van der Waals surface area (Å²) in [5, 5.41) is 7.62. The number of halogens is 3. The third-order valence-corrected chi connectivity index (χ3v) is 5.68. The minimum Gasteiger partial charge on any atom is -0.309 e. The number of thiophene rings is 1. The molecule has 0 aliphatic heterocycles. The third-order valence-electron chi connectivity index (χ3n) is 3.12. The molecule has 1 nitrogen and oxygen atoms in total. The zero-order valence-electron chi connectivity index (χ0n) is 11.3. The van der Waals surface area contributed by atoms with E-state index in [0.29, 0.717) is 10.0 Å². The van der Waals surface area contributed by atoms with E-state index >= 15 is 0 Å². The van der Waals surface area contributed by atoms with Crippen LogP contribution in [0.2, 0.25) is 15.1 Å². The van der Waals surface area contributed by atoms with E-state index in [-0.39, 0.29) is 6.04 Å². The summed E-state index contributed by atoms with van der Waals surface area (Å²) in [6, 6.07) is 5.96. The molecule has 0 saturated heterocycles. The van der Waals surface area contributed by atoms with E-state index in [2.05, 4.69) is 17.6 Å². The molecule has 108 valence electrons. The second-order valence-corrected chi connectivity index (χ2v) is 6.76. The lowest BCUT2D eigenvalue weighted by molar-refractivity contribution is 0.558. The van der Waals surface area contributed by atoms with Gasteiger partial charge in [-0.3, -0.25) is 0 Å². The van der Waals surface area contributed by atoms with Crippen LogP contribution >= 0.6 is 46.1 Å². The van der Waals surface area contributed by atoms with Gasteiger partial charge in [0, 0.05) is 10.9 Å². The normalized spacial score (nSPS) is 12.7. The Morgan fingerprint density at radius 2 is 1.95 bits per heavy atom. The highest BCUT2D eigenvalue weighted by molar-refractivity contribution is 7.10. The van der Waals surface area contributed by atoms with Gasteiger partial charge in [0.15, 0.2) is 0 Å². The van der Waals surface area contributed by atoms with E-state index in [4.69, 9.17) is 34.8 Å². The Morgan fingerprint density at radius 3 is 2.50 bits per heavy atom. The molecule has 0 radical (unpaired) electrons. The summed E-state index contributed by atoms with van der Waals surface area (Å²) in [6.45, 7) is 5.01. The molecule has 20 heavy (non-hydrogen) atoms. The fraction of sp³-hybridized carbons (Fsp3) is 0.333. The quantitative estimate of drug-likeness (QED) is 0.708. The van der Waals surface area contributed by atoms with Crippen molar-refractivity contribution < 1.29 is 0 Å². The van der Waals surface area contributed by atoms with E-state index in [9.17, 15) is 0 Å². The fourth-order valence-corrected chi connectivity index (χ4v) is 3.81. The molecule has 0 aliphatic carbocycles. The Balaban J connectivity index is 2.25. The molecule has 0 spiro atoms. The maximum Gasteiger partial charge on any atom is 0.0595 e. The van der Waals surface area contributed by atoms with Gasteiger partial charge in [-0.15, -0.1) is 11.3 Å². The van der Waals surface area contributed by atoms with Crippen molar-refractivity contribution in [2.45, 2.75) is 26.3 Å². The van der Waals surface area contributed by atoms with E-state index in [1.807, 2.05) is 25.1 Å². The largest absolute Gasteiger partial charge is 0.309 e. The van der Waals surface area contributed by atoms with Gasteiger partial charge in [0.05, 0.1) is 15.1 Å². The fourth-order valence-electron chi connectivity index (χ4n) is 2.09. The highest BCUT2D eigenvalue weighted by Gasteiger charge is 2.18. The Kier molecular flexibility index (Phi) is 5.76. The van der Waals surface area contributed by atoms with Crippen LogP contribution < -0.4 is 5.32 Å². The van der Waals surface area contributed by atoms with Crippen LogP contribution in [-0.4, -0.2) is 6.54 Å². The average Bonchev–Trinajstić information content (AvgIpc) is 2.74. The molecule has 1 aromatic heterocycles. The van der Waals surface area contributed by atoms with Crippen molar-refractivity contribution in [3.8, 4) is 0 Å². The number of aryl methyl sites for hydroxylation is 1. The summed E-state index contributed by atoms with van der Waals surface area (Å²) in [5.74, 6) is 0. The van der Waals surface area contributed by atoms with Gasteiger partial charge in [-0.1, -0.05) is 47.8 Å². The van der Waals surface area contributed by atoms with Crippen LogP contribution in [0.25, 0.3) is 0 Å². The summed E-state index contributed by atoms with van der Waals surface area (Å²) in [6.07, 6.45) is 0.838. The summed E-state index contributed by atoms with van der Waals surface area (Å²) in [7, 11) is 0. The van der Waals surface area contributed by atoms with E-state index < -0.39 is 0 Å². The molecule has 0 bridgehead atoms. The van der Waals surface area contributed by atoms with Crippen molar-refractivity contribution in [3.63, 3.8) is 0 Å². The molecule has 2 aromatic rings. The number of benzene rings is 1. The number of likely N-dealkylation sites (N-methyl/N-ethyl adjacent to an activating group) is 1. The van der Waals surface area contributed by atoms with Crippen LogP contribution in [0.15, 0.2) is 23.6 Å². The second-order valence-electron chi connectivity index (χ2n) is 4.66. The van der Waals surface area contributed by atoms with Gasteiger partial charge in [-0.2, -0.15) is 0 Å². The van der Waals surface area contributed by atoms with Gasteiger partial charge in [0.1, 0.15) is 0 Å². The van der Waals surface area contributed by atoms with Gasteiger partial charge >= 0.3 is 0 Å². The average molecular weight is 349 g/mol. The molecule has 0 saturated carbocycles. The maximum absolute atomic E-state index is 6.39. The van der Waals surface area contributed by atoms with Gasteiger partial charge in [-0.25, -0.2) is 0 Å². The highest BCUT2D eigenvalue weighted by Crippen LogP contribution is 2.34. The minimum absolute atomic E-state index is 0.198. The van der Waals surface area contributed by atoms with Crippen LogP contribution in [0.4, 0.5) is 0 Å². The van der Waals surface area contributed by atoms with Crippen molar-refractivity contribution >= 4 is 46.1 Å².